The van der Waals surface area contributed by atoms with E-state index in [1.807, 2.05) is 0 Å². The summed E-state index contributed by atoms with van der Waals surface area (Å²) in [4.78, 5) is 0. The van der Waals surface area contributed by atoms with E-state index in [1.54, 1.807) is 12.1 Å². The van der Waals surface area contributed by atoms with Gasteiger partial charge in [0.1, 0.15) is 5.71 Å². The summed E-state index contributed by atoms with van der Waals surface area (Å²) in [6, 6.07) is 13.8. The first kappa shape index (κ1) is 14.2. The van der Waals surface area contributed by atoms with E-state index in [2.05, 4.69) is 5.21 Å². The van der Waals surface area contributed by atoms with Crippen LogP contribution in [-0.2, 0) is 5.79 Å². The van der Waals surface area contributed by atoms with Crippen molar-refractivity contribution in [3.8, 4) is 0 Å². The van der Waals surface area contributed by atoms with E-state index in [-0.39, 0.29) is 5.56 Å². The third-order valence-electron chi connectivity index (χ3n) is 2.83. The van der Waals surface area contributed by atoms with Gasteiger partial charge in [-0.2, -0.15) is 0 Å². The largest absolute Gasteiger partial charge is 0.291 e. The van der Waals surface area contributed by atoms with Crippen molar-refractivity contribution >= 4 is 5.71 Å². The lowest BCUT2D eigenvalue weighted by atomic mass is 9.95. The van der Waals surface area contributed by atoms with Crippen LogP contribution in [0.1, 0.15) is 11.1 Å². The predicted molar refractivity (Wildman–Crippen MR) is 67.4 cm³/mol. The van der Waals surface area contributed by atoms with Crippen molar-refractivity contribution in [1.29, 1.82) is 0 Å². The van der Waals surface area contributed by atoms with Gasteiger partial charge in [-0.05, 0) is 0 Å². The summed E-state index contributed by atoms with van der Waals surface area (Å²) in [6.07, 6.45) is 0. The van der Waals surface area contributed by atoms with Crippen LogP contribution in [0.2, 0.25) is 0 Å². The molecule has 0 spiro atoms. The fraction of sp³-hybridized carbons (Fsp3) is 0.0714. The van der Waals surface area contributed by atoms with Gasteiger partial charge in [-0.25, -0.2) is 4.39 Å². The zero-order valence-corrected chi connectivity index (χ0v) is 10.2. The molecule has 2 rings (SSSR count). The first-order valence-electron chi connectivity index (χ1n) is 5.71. The van der Waals surface area contributed by atoms with E-state index >= 15 is 0 Å². The maximum atomic E-state index is 14.8. The molecule has 104 valence electrons. The average molecular weight is 282 g/mol. The number of hydrogen-bond acceptors (Lipinski definition) is 2. The van der Waals surface area contributed by atoms with Crippen LogP contribution in [0.4, 0.5) is 17.8 Å². The molecule has 0 bridgehead atoms. The number of benzene rings is 2. The van der Waals surface area contributed by atoms with Crippen molar-refractivity contribution < 1.29 is 17.8 Å². The molecule has 0 aliphatic heterocycles. The van der Waals surface area contributed by atoms with Crippen LogP contribution < -0.4 is 0 Å². The van der Waals surface area contributed by atoms with Crippen LogP contribution in [0.5, 0.6) is 0 Å². The summed E-state index contributed by atoms with van der Waals surface area (Å²) in [7, 11) is 0. The lowest BCUT2D eigenvalue weighted by Gasteiger charge is -2.26. The Morgan fingerprint density at radius 2 is 1.40 bits per heavy atom. The summed E-state index contributed by atoms with van der Waals surface area (Å²) in [5, 5.41) is 0.561. The van der Waals surface area contributed by atoms with Gasteiger partial charge in [-0.15, -0.1) is 0 Å². The Bertz CT molecular complexity index is 587. The van der Waals surface area contributed by atoms with Crippen LogP contribution >= 0.6 is 0 Å². The van der Waals surface area contributed by atoms with Crippen molar-refractivity contribution in [2.75, 3.05) is 0 Å². The Morgan fingerprint density at radius 1 is 0.900 bits per heavy atom. The second kappa shape index (κ2) is 5.83. The maximum Gasteiger partial charge on any atom is 0.291 e. The quantitative estimate of drug-likeness (QED) is 0.354. The molecular formula is C14H10F4N2. The molecule has 0 aliphatic carbocycles. The zero-order valence-electron chi connectivity index (χ0n) is 10.2. The predicted octanol–water partition coefficient (Wildman–Crippen LogP) is 4.25. The van der Waals surface area contributed by atoms with E-state index < -0.39 is 22.4 Å². The summed E-state index contributed by atoms with van der Waals surface area (Å²) in [5.74, 6) is -3.46. The number of hydrogen-bond donors (Lipinski definition) is 0. The Labute approximate surface area is 112 Å². The standard InChI is InChI=1S/C14H10F4N2/c15-14(20(17)18,12-9-5-2-6-10-12)13(19-16)11-7-3-1-4-8-11/h1-10H. The number of halogens is 4. The molecule has 0 saturated carbocycles. The van der Waals surface area contributed by atoms with Crippen LogP contribution in [0, 0.1) is 0 Å². The summed E-state index contributed by atoms with van der Waals surface area (Å²) >= 11 is 0. The van der Waals surface area contributed by atoms with Gasteiger partial charge in [-0.1, -0.05) is 79.3 Å². The first-order valence-corrected chi connectivity index (χ1v) is 5.71. The molecule has 0 fully saturated rings. The summed E-state index contributed by atoms with van der Waals surface area (Å²) in [6.45, 7) is 0. The summed E-state index contributed by atoms with van der Waals surface area (Å²) in [5.41, 5.74) is -1.48. The molecule has 2 nitrogen and oxygen atoms in total. The molecule has 20 heavy (non-hydrogen) atoms. The fourth-order valence-corrected chi connectivity index (χ4v) is 1.87. The highest BCUT2D eigenvalue weighted by atomic mass is 19.4. The van der Waals surface area contributed by atoms with E-state index in [9.17, 15) is 17.8 Å². The van der Waals surface area contributed by atoms with Gasteiger partial charge in [0.15, 0.2) is 0 Å². The van der Waals surface area contributed by atoms with Gasteiger partial charge in [-0.3, -0.25) is 0 Å². The van der Waals surface area contributed by atoms with Gasteiger partial charge < -0.3 is 0 Å². The van der Waals surface area contributed by atoms with Gasteiger partial charge in [0.25, 0.3) is 5.79 Å². The number of rotatable bonds is 4. The second-order valence-corrected chi connectivity index (χ2v) is 4.02. The Balaban J connectivity index is 2.59. The molecule has 0 N–H and O–H groups in total. The smallest absolute Gasteiger partial charge is 0.208 e. The molecule has 0 aromatic heterocycles. The molecule has 6 heteroatoms. The Kier molecular flexibility index (Phi) is 4.14. The molecule has 0 amide bonds. The molecule has 0 radical (unpaired) electrons. The third kappa shape index (κ3) is 2.42. The third-order valence-corrected chi connectivity index (χ3v) is 2.83. The van der Waals surface area contributed by atoms with Crippen molar-refractivity contribution in [2.45, 2.75) is 5.79 Å². The highest BCUT2D eigenvalue weighted by Crippen LogP contribution is 2.35. The SMILES string of the molecule is FN=C(c1ccccc1)C(F)(c1ccccc1)N(F)F. The maximum absolute atomic E-state index is 14.8. The van der Waals surface area contributed by atoms with Crippen molar-refractivity contribution in [3.63, 3.8) is 0 Å². The molecule has 2 aromatic carbocycles. The minimum Gasteiger partial charge on any atom is -0.208 e. The van der Waals surface area contributed by atoms with Crippen LogP contribution in [0.15, 0.2) is 65.9 Å². The zero-order chi connectivity index (χ0) is 14.6. The molecule has 1 unspecified atom stereocenters. The Hall–Kier alpha value is -2.21. The molecule has 0 saturated heterocycles. The van der Waals surface area contributed by atoms with Crippen molar-refractivity contribution in [3.05, 3.63) is 71.8 Å². The van der Waals surface area contributed by atoms with Gasteiger partial charge in [0.2, 0.25) is 0 Å². The number of alkyl halides is 1. The van der Waals surface area contributed by atoms with Crippen LogP contribution in [0.25, 0.3) is 0 Å². The van der Waals surface area contributed by atoms with Gasteiger partial charge in [0.05, 0.1) is 5.34 Å². The van der Waals surface area contributed by atoms with Crippen LogP contribution in [0.3, 0.4) is 0 Å². The Morgan fingerprint density at radius 3 is 1.85 bits per heavy atom. The van der Waals surface area contributed by atoms with E-state index in [0.29, 0.717) is 0 Å². The molecule has 0 heterocycles. The van der Waals surface area contributed by atoms with E-state index in [1.165, 1.54) is 36.4 Å². The topological polar surface area (TPSA) is 15.6 Å². The average Bonchev–Trinajstić information content (AvgIpc) is 2.49. The fourth-order valence-electron chi connectivity index (χ4n) is 1.87. The highest BCUT2D eigenvalue weighted by molar-refractivity contribution is 6.06. The lowest BCUT2D eigenvalue weighted by Crippen LogP contribution is -2.41. The summed E-state index contributed by atoms with van der Waals surface area (Å²) < 4.78 is 53.9. The molecule has 0 aliphatic rings. The van der Waals surface area contributed by atoms with Crippen molar-refractivity contribution in [2.24, 2.45) is 5.21 Å². The van der Waals surface area contributed by atoms with E-state index in [4.69, 9.17) is 0 Å². The molecular weight excluding hydrogens is 272 g/mol. The second-order valence-electron chi connectivity index (χ2n) is 4.02. The molecule has 1 atom stereocenters. The van der Waals surface area contributed by atoms with Crippen molar-refractivity contribution in [1.82, 2.24) is 5.34 Å². The normalized spacial score (nSPS) is 15.2. The lowest BCUT2D eigenvalue weighted by molar-refractivity contribution is -0.255. The van der Waals surface area contributed by atoms with Gasteiger partial charge >= 0.3 is 0 Å². The van der Waals surface area contributed by atoms with Gasteiger partial charge in [0, 0.05) is 11.1 Å². The number of nitrogens with zero attached hydrogens (tertiary/aromatic N) is 2. The minimum atomic E-state index is -3.46. The monoisotopic (exact) mass is 282 g/mol. The first-order chi connectivity index (χ1) is 9.60. The van der Waals surface area contributed by atoms with Crippen LogP contribution in [-0.4, -0.2) is 11.1 Å². The molecule has 2 aromatic rings. The minimum absolute atomic E-state index is 0.0679. The van der Waals surface area contributed by atoms with E-state index in [0.717, 1.165) is 12.1 Å². The highest BCUT2D eigenvalue weighted by Gasteiger charge is 2.48.